The van der Waals surface area contributed by atoms with Crippen LogP contribution in [0.4, 0.5) is 5.69 Å². The minimum Gasteiger partial charge on any atom is -0.494 e. The molecule has 0 fully saturated rings. The standard InChI is InChI=1S/C23H22N2O3/c1-2-3-15-27-21-12-6-18(7-13-21)16-25-20-10-8-19(9-11-20)23(26)28-22-5-4-14-24-17-22/h4-14,16-17H,2-3,15H2,1H3. The Bertz CT molecular complexity index is 905. The van der Waals surface area contributed by atoms with E-state index in [2.05, 4.69) is 16.9 Å². The van der Waals surface area contributed by atoms with Crippen LogP contribution in [0.25, 0.3) is 0 Å². The van der Waals surface area contributed by atoms with Gasteiger partial charge in [-0.15, -0.1) is 0 Å². The first-order valence-electron chi connectivity index (χ1n) is 9.24. The average Bonchev–Trinajstić information content (AvgIpc) is 2.74. The summed E-state index contributed by atoms with van der Waals surface area (Å²) in [5.41, 5.74) is 2.18. The number of aliphatic imine (C=N–C) groups is 1. The Balaban J connectivity index is 1.57. The van der Waals surface area contributed by atoms with E-state index < -0.39 is 5.97 Å². The molecule has 28 heavy (non-hydrogen) atoms. The van der Waals surface area contributed by atoms with Crippen molar-refractivity contribution in [2.75, 3.05) is 6.61 Å². The van der Waals surface area contributed by atoms with Crippen LogP contribution in [0.2, 0.25) is 0 Å². The van der Waals surface area contributed by atoms with Gasteiger partial charge in [0.15, 0.2) is 0 Å². The van der Waals surface area contributed by atoms with Crippen molar-refractivity contribution in [1.29, 1.82) is 0 Å². The maximum absolute atomic E-state index is 12.1. The molecule has 1 aromatic heterocycles. The van der Waals surface area contributed by atoms with Gasteiger partial charge in [-0.3, -0.25) is 9.98 Å². The minimum absolute atomic E-state index is 0.414. The highest BCUT2D eigenvalue weighted by Crippen LogP contribution is 2.17. The van der Waals surface area contributed by atoms with Crippen molar-refractivity contribution in [3.8, 4) is 11.5 Å². The number of ether oxygens (including phenoxy) is 2. The second-order valence-electron chi connectivity index (χ2n) is 6.15. The predicted molar refractivity (Wildman–Crippen MR) is 110 cm³/mol. The molecule has 0 amide bonds. The second-order valence-corrected chi connectivity index (χ2v) is 6.15. The van der Waals surface area contributed by atoms with E-state index in [-0.39, 0.29) is 0 Å². The Morgan fingerprint density at radius 3 is 2.50 bits per heavy atom. The van der Waals surface area contributed by atoms with Gasteiger partial charge in [0.05, 0.1) is 24.1 Å². The molecular formula is C23H22N2O3. The zero-order valence-corrected chi connectivity index (χ0v) is 15.7. The summed E-state index contributed by atoms with van der Waals surface area (Å²) in [5.74, 6) is 0.848. The zero-order chi connectivity index (χ0) is 19.6. The molecule has 0 bridgehead atoms. The summed E-state index contributed by atoms with van der Waals surface area (Å²) in [6, 6.07) is 18.1. The molecule has 0 aliphatic carbocycles. The smallest absolute Gasteiger partial charge is 0.343 e. The molecule has 5 heteroatoms. The third-order valence-electron chi connectivity index (χ3n) is 3.96. The lowest BCUT2D eigenvalue weighted by molar-refractivity contribution is 0.0734. The number of carbonyl (C=O) groups is 1. The van der Waals surface area contributed by atoms with Crippen LogP contribution in [0.5, 0.6) is 11.5 Å². The maximum atomic E-state index is 12.1. The first kappa shape index (κ1) is 19.3. The number of hydrogen-bond donors (Lipinski definition) is 0. The lowest BCUT2D eigenvalue weighted by atomic mass is 10.2. The topological polar surface area (TPSA) is 60.8 Å². The highest BCUT2D eigenvalue weighted by atomic mass is 16.5. The van der Waals surface area contributed by atoms with Gasteiger partial charge in [-0.2, -0.15) is 0 Å². The number of carbonyl (C=O) groups excluding carboxylic acids is 1. The number of nitrogens with zero attached hydrogens (tertiary/aromatic N) is 2. The van der Waals surface area contributed by atoms with Crippen molar-refractivity contribution < 1.29 is 14.3 Å². The molecule has 0 unspecified atom stereocenters. The first-order chi connectivity index (χ1) is 13.7. The lowest BCUT2D eigenvalue weighted by Gasteiger charge is -2.05. The number of benzene rings is 2. The minimum atomic E-state index is -0.429. The fourth-order valence-electron chi connectivity index (χ4n) is 2.39. The summed E-state index contributed by atoms with van der Waals surface area (Å²) < 4.78 is 10.9. The molecule has 0 atom stereocenters. The van der Waals surface area contributed by atoms with Gasteiger partial charge >= 0.3 is 5.97 Å². The van der Waals surface area contributed by atoms with Crippen LogP contribution in [0.15, 0.2) is 78.0 Å². The van der Waals surface area contributed by atoms with Crippen LogP contribution >= 0.6 is 0 Å². The van der Waals surface area contributed by atoms with Crippen molar-refractivity contribution in [3.63, 3.8) is 0 Å². The van der Waals surface area contributed by atoms with Gasteiger partial charge in [-0.05, 0) is 72.6 Å². The molecule has 1 heterocycles. The predicted octanol–water partition coefficient (Wildman–Crippen LogP) is 5.23. The number of unbranched alkanes of at least 4 members (excludes halogenated alkanes) is 1. The van der Waals surface area contributed by atoms with E-state index in [4.69, 9.17) is 9.47 Å². The van der Waals surface area contributed by atoms with Crippen LogP contribution in [0.1, 0.15) is 35.7 Å². The van der Waals surface area contributed by atoms with Crippen LogP contribution in [-0.2, 0) is 0 Å². The number of rotatable bonds is 8. The molecular weight excluding hydrogens is 352 g/mol. The highest BCUT2D eigenvalue weighted by molar-refractivity contribution is 5.91. The molecule has 3 aromatic rings. The van der Waals surface area contributed by atoms with Gasteiger partial charge < -0.3 is 9.47 Å². The number of aromatic nitrogens is 1. The van der Waals surface area contributed by atoms with Crippen molar-refractivity contribution in [2.45, 2.75) is 19.8 Å². The fraction of sp³-hybridized carbons (Fsp3) is 0.174. The third-order valence-corrected chi connectivity index (χ3v) is 3.96. The molecule has 142 valence electrons. The number of pyridine rings is 1. The van der Waals surface area contributed by atoms with Crippen molar-refractivity contribution in [2.24, 2.45) is 4.99 Å². The Kier molecular flexibility index (Phi) is 6.90. The summed E-state index contributed by atoms with van der Waals surface area (Å²) in [6.07, 6.45) is 7.06. The highest BCUT2D eigenvalue weighted by Gasteiger charge is 2.08. The van der Waals surface area contributed by atoms with E-state index in [1.165, 1.54) is 6.20 Å². The zero-order valence-electron chi connectivity index (χ0n) is 15.7. The van der Waals surface area contributed by atoms with Crippen LogP contribution < -0.4 is 9.47 Å². The molecule has 5 nitrogen and oxygen atoms in total. The van der Waals surface area contributed by atoms with E-state index in [9.17, 15) is 4.79 Å². The van der Waals surface area contributed by atoms with Gasteiger partial charge in [0.1, 0.15) is 11.5 Å². The molecule has 0 radical (unpaired) electrons. The quantitative estimate of drug-likeness (QED) is 0.308. The van der Waals surface area contributed by atoms with E-state index in [0.717, 1.165) is 36.4 Å². The summed E-state index contributed by atoms with van der Waals surface area (Å²) in [4.78, 5) is 20.5. The van der Waals surface area contributed by atoms with Crippen LogP contribution in [-0.4, -0.2) is 23.8 Å². The number of esters is 1. The largest absolute Gasteiger partial charge is 0.494 e. The molecule has 0 N–H and O–H groups in total. The van der Waals surface area contributed by atoms with Gasteiger partial charge in [0.2, 0.25) is 0 Å². The van der Waals surface area contributed by atoms with E-state index in [0.29, 0.717) is 11.3 Å². The Morgan fingerprint density at radius 2 is 1.82 bits per heavy atom. The normalized spacial score (nSPS) is 10.8. The van der Waals surface area contributed by atoms with Crippen molar-refractivity contribution in [3.05, 3.63) is 84.2 Å². The SMILES string of the molecule is CCCCOc1ccc(C=Nc2ccc(C(=O)Oc3cccnc3)cc2)cc1. The monoisotopic (exact) mass is 374 g/mol. The molecule has 0 aliphatic rings. The molecule has 0 spiro atoms. The lowest BCUT2D eigenvalue weighted by Crippen LogP contribution is -2.08. The van der Waals surface area contributed by atoms with E-state index in [1.54, 1.807) is 48.8 Å². The summed E-state index contributed by atoms with van der Waals surface area (Å²) in [6.45, 7) is 2.87. The molecule has 0 aliphatic heterocycles. The molecule has 0 saturated heterocycles. The Labute approximate surface area is 164 Å². The second kappa shape index (κ2) is 10.0. The van der Waals surface area contributed by atoms with Crippen molar-refractivity contribution in [1.82, 2.24) is 4.98 Å². The third kappa shape index (κ3) is 5.77. The Morgan fingerprint density at radius 1 is 1.04 bits per heavy atom. The summed E-state index contributed by atoms with van der Waals surface area (Å²) >= 11 is 0. The first-order valence-corrected chi connectivity index (χ1v) is 9.24. The maximum Gasteiger partial charge on any atom is 0.343 e. The summed E-state index contributed by atoms with van der Waals surface area (Å²) in [7, 11) is 0. The van der Waals surface area contributed by atoms with Crippen molar-refractivity contribution >= 4 is 17.9 Å². The van der Waals surface area contributed by atoms with E-state index in [1.807, 2.05) is 24.3 Å². The van der Waals surface area contributed by atoms with E-state index >= 15 is 0 Å². The molecule has 0 saturated carbocycles. The molecule has 3 rings (SSSR count). The average molecular weight is 374 g/mol. The number of hydrogen-bond acceptors (Lipinski definition) is 5. The summed E-state index contributed by atoms with van der Waals surface area (Å²) in [5, 5.41) is 0. The van der Waals surface area contributed by atoms with Crippen LogP contribution in [0.3, 0.4) is 0 Å². The molecule has 2 aromatic carbocycles. The van der Waals surface area contributed by atoms with Gasteiger partial charge in [0.25, 0.3) is 0 Å². The van der Waals surface area contributed by atoms with Gasteiger partial charge in [0, 0.05) is 12.4 Å². The Hall–Kier alpha value is -3.47. The van der Waals surface area contributed by atoms with Crippen LogP contribution in [0, 0.1) is 0 Å². The van der Waals surface area contributed by atoms with Gasteiger partial charge in [-0.1, -0.05) is 13.3 Å². The van der Waals surface area contributed by atoms with Gasteiger partial charge in [-0.25, -0.2) is 4.79 Å². The fourth-order valence-corrected chi connectivity index (χ4v) is 2.39.